The maximum absolute atomic E-state index is 15.4. The molecule has 1 amide bonds. The Morgan fingerprint density at radius 2 is 1.79 bits per heavy atom. The molecule has 1 aliphatic carbocycles. The topological polar surface area (TPSA) is 114 Å². The zero-order valence-electron chi connectivity index (χ0n) is 23.1. The van der Waals surface area contributed by atoms with Crippen LogP contribution >= 0.6 is 0 Å². The standard InChI is InChI=1S/C32H26F2N6O3/c1-17-20-5-2-3-6-21(20)25(34)16-39(17)32(43)27-14-28(31-35-9-4-10-36-31)40-29(37-27)15-26(38-40)22-8-7-18(12-24(22)33)23-11-19(23)13-30(41)42/h2-10,12,14-15,17,19,23,25H,11,13,16H2,1H3,(H,41,42)/t17-,19-,23-,25+/m1/s1. The van der Waals surface area contributed by atoms with E-state index in [-0.39, 0.29) is 53.6 Å². The molecule has 1 N–H and O–H groups in total. The summed E-state index contributed by atoms with van der Waals surface area (Å²) in [6.45, 7) is 1.74. The van der Waals surface area contributed by atoms with Gasteiger partial charge in [0.05, 0.1) is 18.3 Å². The monoisotopic (exact) mass is 580 g/mol. The number of carboxylic acids is 1. The first kappa shape index (κ1) is 26.8. The van der Waals surface area contributed by atoms with Crippen molar-refractivity contribution in [3.8, 4) is 22.8 Å². The van der Waals surface area contributed by atoms with Gasteiger partial charge in [-0.1, -0.05) is 30.3 Å². The van der Waals surface area contributed by atoms with E-state index in [2.05, 4.69) is 20.1 Å². The van der Waals surface area contributed by atoms with Gasteiger partial charge in [-0.25, -0.2) is 28.2 Å². The van der Waals surface area contributed by atoms with Crippen LogP contribution in [0.3, 0.4) is 0 Å². The van der Waals surface area contributed by atoms with E-state index < -0.39 is 23.9 Å². The molecule has 1 aliphatic heterocycles. The Balaban J connectivity index is 1.27. The molecule has 0 saturated heterocycles. The first-order valence-electron chi connectivity index (χ1n) is 14.0. The number of carboxylic acid groups (broad SMARTS) is 1. The third kappa shape index (κ3) is 4.80. The summed E-state index contributed by atoms with van der Waals surface area (Å²) >= 11 is 0. The van der Waals surface area contributed by atoms with E-state index in [4.69, 9.17) is 5.11 Å². The molecule has 11 heteroatoms. The maximum atomic E-state index is 15.4. The van der Waals surface area contributed by atoms with E-state index >= 15 is 8.78 Å². The Kier molecular flexibility index (Phi) is 6.45. The number of halogens is 2. The van der Waals surface area contributed by atoms with Crippen LogP contribution in [-0.4, -0.2) is 53.0 Å². The van der Waals surface area contributed by atoms with E-state index in [1.807, 2.05) is 19.1 Å². The lowest BCUT2D eigenvalue weighted by Gasteiger charge is -2.36. The van der Waals surface area contributed by atoms with Gasteiger partial charge in [0.15, 0.2) is 11.5 Å². The van der Waals surface area contributed by atoms with E-state index in [9.17, 15) is 9.59 Å². The van der Waals surface area contributed by atoms with Crippen LogP contribution < -0.4 is 0 Å². The van der Waals surface area contributed by atoms with Gasteiger partial charge in [-0.2, -0.15) is 5.10 Å². The fourth-order valence-electron chi connectivity index (χ4n) is 6.06. The number of rotatable bonds is 6. The summed E-state index contributed by atoms with van der Waals surface area (Å²) in [5.74, 6) is -1.50. The summed E-state index contributed by atoms with van der Waals surface area (Å²) in [6, 6.07) is 16.4. The maximum Gasteiger partial charge on any atom is 0.303 e. The number of carbonyl (C=O) groups is 2. The van der Waals surface area contributed by atoms with Crippen LogP contribution in [0.4, 0.5) is 8.78 Å². The van der Waals surface area contributed by atoms with Crippen LogP contribution in [0.1, 0.15) is 65.1 Å². The van der Waals surface area contributed by atoms with Gasteiger partial charge in [-0.05, 0) is 66.1 Å². The molecule has 7 rings (SSSR count). The fraction of sp³-hybridized carbons (Fsp3) is 0.250. The minimum absolute atomic E-state index is 0.00955. The number of alkyl halides is 1. The number of amides is 1. The van der Waals surface area contributed by atoms with Gasteiger partial charge in [0.25, 0.3) is 5.91 Å². The second kappa shape index (κ2) is 10.3. The lowest BCUT2D eigenvalue weighted by Crippen LogP contribution is -2.40. The van der Waals surface area contributed by atoms with Crippen LogP contribution in [0, 0.1) is 11.7 Å². The van der Waals surface area contributed by atoms with Gasteiger partial charge in [-0.3, -0.25) is 9.59 Å². The number of carbonyl (C=O) groups excluding carboxylic acids is 1. The zero-order chi connectivity index (χ0) is 29.8. The number of hydrogen-bond acceptors (Lipinski definition) is 6. The van der Waals surface area contributed by atoms with Crippen molar-refractivity contribution in [3.63, 3.8) is 0 Å². The SMILES string of the molecule is C[C@@H]1c2ccccc2[C@@H](F)CN1C(=O)c1cc(-c2ncccn2)n2nc(-c3ccc([C@H]4C[C@@H]4CC(=O)O)cc3F)cc2n1. The van der Waals surface area contributed by atoms with E-state index in [0.29, 0.717) is 23.4 Å². The highest BCUT2D eigenvalue weighted by Crippen LogP contribution is 2.50. The molecular weight excluding hydrogens is 554 g/mol. The lowest BCUT2D eigenvalue weighted by molar-refractivity contribution is -0.137. The van der Waals surface area contributed by atoms with E-state index in [1.54, 1.807) is 48.8 Å². The molecule has 4 heterocycles. The first-order valence-corrected chi connectivity index (χ1v) is 14.0. The molecule has 2 aliphatic rings. The van der Waals surface area contributed by atoms with Gasteiger partial charge < -0.3 is 10.0 Å². The Morgan fingerprint density at radius 1 is 1.02 bits per heavy atom. The number of fused-ring (bicyclic) bond motifs is 2. The number of benzene rings is 2. The smallest absolute Gasteiger partial charge is 0.303 e. The molecule has 0 unspecified atom stereocenters. The lowest BCUT2D eigenvalue weighted by atomic mass is 9.92. The molecule has 2 aromatic carbocycles. The van der Waals surface area contributed by atoms with Crippen molar-refractivity contribution in [3.05, 3.63) is 101 Å². The Hall–Kier alpha value is -5.06. The average Bonchev–Trinajstić information content (AvgIpc) is 3.63. The predicted octanol–water partition coefficient (Wildman–Crippen LogP) is 5.80. The second-order valence-electron chi connectivity index (χ2n) is 11.1. The summed E-state index contributed by atoms with van der Waals surface area (Å²) in [5.41, 5.74) is 3.31. The third-order valence-corrected chi connectivity index (χ3v) is 8.37. The number of hydrogen-bond donors (Lipinski definition) is 1. The molecule has 0 radical (unpaired) electrons. The highest BCUT2D eigenvalue weighted by Gasteiger charge is 2.40. The molecule has 0 bridgehead atoms. The van der Waals surface area contributed by atoms with Gasteiger partial charge in [0.2, 0.25) is 0 Å². The van der Waals surface area contributed by atoms with Gasteiger partial charge >= 0.3 is 5.97 Å². The molecule has 0 spiro atoms. The van der Waals surface area contributed by atoms with Crippen LogP contribution in [-0.2, 0) is 4.79 Å². The minimum Gasteiger partial charge on any atom is -0.481 e. The summed E-state index contributed by atoms with van der Waals surface area (Å²) in [7, 11) is 0. The number of aliphatic carboxylic acids is 1. The fourth-order valence-corrected chi connectivity index (χ4v) is 6.06. The van der Waals surface area contributed by atoms with Crippen molar-refractivity contribution in [1.82, 2.24) is 29.5 Å². The summed E-state index contributed by atoms with van der Waals surface area (Å²) in [4.78, 5) is 39.6. The summed E-state index contributed by atoms with van der Waals surface area (Å²) in [6.07, 6.45) is 2.56. The molecule has 4 atom stereocenters. The van der Waals surface area contributed by atoms with Crippen LogP contribution in [0.25, 0.3) is 28.4 Å². The van der Waals surface area contributed by atoms with Crippen molar-refractivity contribution in [2.75, 3.05) is 6.54 Å². The van der Waals surface area contributed by atoms with Gasteiger partial charge in [-0.15, -0.1) is 0 Å². The molecule has 43 heavy (non-hydrogen) atoms. The van der Waals surface area contributed by atoms with Gasteiger partial charge in [0, 0.05) is 30.4 Å². The summed E-state index contributed by atoms with van der Waals surface area (Å²) < 4.78 is 32.0. The predicted molar refractivity (Wildman–Crippen MR) is 152 cm³/mol. The number of aromatic nitrogens is 5. The zero-order valence-corrected chi connectivity index (χ0v) is 23.1. The Morgan fingerprint density at radius 3 is 2.53 bits per heavy atom. The van der Waals surface area contributed by atoms with Crippen molar-refractivity contribution >= 4 is 17.5 Å². The van der Waals surface area contributed by atoms with Crippen LogP contribution in [0.2, 0.25) is 0 Å². The van der Waals surface area contributed by atoms with Crippen molar-refractivity contribution in [1.29, 1.82) is 0 Å². The average molecular weight is 581 g/mol. The Bertz CT molecular complexity index is 1900. The van der Waals surface area contributed by atoms with Crippen LogP contribution in [0.5, 0.6) is 0 Å². The molecule has 3 aromatic heterocycles. The molecular formula is C32H26F2N6O3. The Labute approximate surface area is 244 Å². The largest absolute Gasteiger partial charge is 0.481 e. The van der Waals surface area contributed by atoms with E-state index in [0.717, 1.165) is 11.1 Å². The van der Waals surface area contributed by atoms with Gasteiger partial charge in [0.1, 0.15) is 23.4 Å². The first-order chi connectivity index (χ1) is 20.8. The molecule has 1 saturated carbocycles. The second-order valence-corrected chi connectivity index (χ2v) is 11.1. The minimum atomic E-state index is -1.33. The van der Waals surface area contributed by atoms with E-state index in [1.165, 1.54) is 21.5 Å². The third-order valence-electron chi connectivity index (χ3n) is 8.37. The number of nitrogens with zero attached hydrogens (tertiary/aromatic N) is 6. The highest BCUT2D eigenvalue weighted by atomic mass is 19.1. The molecule has 9 nitrogen and oxygen atoms in total. The van der Waals surface area contributed by atoms with Crippen molar-refractivity contribution < 1.29 is 23.5 Å². The van der Waals surface area contributed by atoms with Crippen molar-refractivity contribution in [2.24, 2.45) is 5.92 Å². The summed E-state index contributed by atoms with van der Waals surface area (Å²) in [5, 5.41) is 13.7. The van der Waals surface area contributed by atoms with Crippen LogP contribution in [0.15, 0.2) is 73.1 Å². The molecule has 5 aromatic rings. The normalized spacial score (nSPS) is 21.0. The molecule has 1 fully saturated rings. The highest BCUT2D eigenvalue weighted by molar-refractivity contribution is 5.94. The quantitative estimate of drug-likeness (QED) is 0.270. The molecule has 216 valence electrons. The van der Waals surface area contributed by atoms with Crippen molar-refractivity contribution in [2.45, 2.75) is 37.9 Å².